The number of hydrogen-bond donors (Lipinski definition) is 0. The highest BCUT2D eigenvalue weighted by atomic mass is 16.2. The van der Waals surface area contributed by atoms with Gasteiger partial charge in [0.15, 0.2) is 6.29 Å². The lowest BCUT2D eigenvalue weighted by molar-refractivity contribution is -0.119. The van der Waals surface area contributed by atoms with Gasteiger partial charge in [-0.3, -0.25) is 19.4 Å². The summed E-state index contributed by atoms with van der Waals surface area (Å²) in [5, 5.41) is 0. The summed E-state index contributed by atoms with van der Waals surface area (Å²) in [6.45, 7) is 1.37. The zero-order valence-corrected chi connectivity index (χ0v) is 13.8. The smallest absolute Gasteiger partial charge is 0.258 e. The van der Waals surface area contributed by atoms with E-state index in [4.69, 9.17) is 0 Å². The van der Waals surface area contributed by atoms with Crippen molar-refractivity contribution in [1.82, 2.24) is 9.80 Å². The lowest BCUT2D eigenvalue weighted by Crippen LogP contribution is -2.58. The number of carbonyl (C=O) groups excluding carboxylic acids is 2. The van der Waals surface area contributed by atoms with E-state index < -0.39 is 0 Å². The molecule has 2 saturated heterocycles. The number of anilines is 1. The maximum Gasteiger partial charge on any atom is 0.258 e. The maximum absolute atomic E-state index is 13.2. The van der Waals surface area contributed by atoms with Gasteiger partial charge in [0.2, 0.25) is 5.91 Å². The summed E-state index contributed by atoms with van der Waals surface area (Å²) in [6.07, 6.45) is 1.58. The van der Waals surface area contributed by atoms with Crippen molar-refractivity contribution in [3.63, 3.8) is 0 Å². The Bertz CT molecular complexity index is 851. The molecule has 2 atom stereocenters. The van der Waals surface area contributed by atoms with Crippen molar-refractivity contribution < 1.29 is 9.59 Å². The molecule has 0 spiro atoms. The molecule has 2 aromatic carbocycles. The van der Waals surface area contributed by atoms with Gasteiger partial charge in [0.05, 0.1) is 17.3 Å². The molecule has 2 fully saturated rings. The van der Waals surface area contributed by atoms with Crippen molar-refractivity contribution in [3.8, 4) is 0 Å². The Morgan fingerprint density at radius 1 is 0.960 bits per heavy atom. The third kappa shape index (κ3) is 2.05. The molecule has 0 saturated carbocycles. The third-order valence-electron chi connectivity index (χ3n) is 5.47. The molecule has 2 aromatic rings. The molecule has 0 aromatic heterocycles. The molecule has 3 aliphatic rings. The first kappa shape index (κ1) is 14.7. The quantitative estimate of drug-likeness (QED) is 0.848. The van der Waals surface area contributed by atoms with Crippen molar-refractivity contribution in [3.05, 3.63) is 65.7 Å². The lowest BCUT2D eigenvalue weighted by atomic mass is 10.1. The van der Waals surface area contributed by atoms with Gasteiger partial charge in [-0.25, -0.2) is 0 Å². The summed E-state index contributed by atoms with van der Waals surface area (Å²) >= 11 is 0. The Balaban J connectivity index is 1.63. The molecule has 5 nitrogen and oxygen atoms in total. The van der Waals surface area contributed by atoms with Gasteiger partial charge in [-0.1, -0.05) is 42.5 Å². The predicted molar refractivity (Wildman–Crippen MR) is 93.8 cm³/mol. The Hall–Kier alpha value is -2.66. The fourth-order valence-corrected chi connectivity index (χ4v) is 4.37. The van der Waals surface area contributed by atoms with Gasteiger partial charge in [-0.05, 0) is 30.5 Å². The average Bonchev–Trinajstić information content (AvgIpc) is 3.22. The summed E-state index contributed by atoms with van der Waals surface area (Å²) < 4.78 is 0. The van der Waals surface area contributed by atoms with Crippen LogP contribution >= 0.6 is 0 Å². The first-order valence-corrected chi connectivity index (χ1v) is 8.78. The monoisotopic (exact) mass is 333 g/mol. The van der Waals surface area contributed by atoms with Gasteiger partial charge in [0.25, 0.3) is 5.91 Å². The molecular formula is C20H19N3O2. The number of amides is 2. The number of nitrogens with zero attached hydrogens (tertiary/aromatic N) is 3. The molecule has 2 amide bonds. The number of rotatable bonds is 2. The average molecular weight is 333 g/mol. The Morgan fingerprint density at radius 2 is 1.72 bits per heavy atom. The Kier molecular flexibility index (Phi) is 3.18. The molecule has 0 bridgehead atoms. The minimum Gasteiger partial charge on any atom is -0.300 e. The van der Waals surface area contributed by atoms with Crippen LogP contribution in [0.25, 0.3) is 0 Å². The van der Waals surface area contributed by atoms with E-state index in [1.807, 2.05) is 64.4 Å². The molecular weight excluding hydrogens is 314 g/mol. The highest BCUT2D eigenvalue weighted by Gasteiger charge is 2.55. The fourth-order valence-electron chi connectivity index (χ4n) is 4.37. The number of carbonyl (C=O) groups is 2. The Morgan fingerprint density at radius 3 is 2.56 bits per heavy atom. The highest BCUT2D eigenvalue weighted by molar-refractivity contribution is 6.10. The zero-order valence-electron chi connectivity index (χ0n) is 13.8. The van der Waals surface area contributed by atoms with Crippen LogP contribution in [0.5, 0.6) is 0 Å². The van der Waals surface area contributed by atoms with E-state index >= 15 is 0 Å². The first-order chi connectivity index (χ1) is 12.3. The zero-order chi connectivity index (χ0) is 17.0. The standard InChI is InChI=1S/C20H19N3O2/c24-18-15-9-4-5-10-16(15)23-19(25)17-11-6-12-21(17)20(23)22(18)13-14-7-2-1-3-8-14/h1-5,7-10,17,20H,6,11-13H2/t17-,20-/m1/s1. The van der Waals surface area contributed by atoms with Crippen LogP contribution in [-0.4, -0.2) is 40.5 Å². The SMILES string of the molecule is O=C1c2ccccc2N2C(=O)[C@H]3CCCN3[C@@H]2N1Cc1ccccc1. The lowest BCUT2D eigenvalue weighted by Gasteiger charge is -2.43. The van der Waals surface area contributed by atoms with Crippen LogP contribution in [0.2, 0.25) is 0 Å². The van der Waals surface area contributed by atoms with Crippen LogP contribution in [-0.2, 0) is 11.3 Å². The fraction of sp³-hybridized carbons (Fsp3) is 0.300. The molecule has 0 unspecified atom stereocenters. The maximum atomic E-state index is 13.2. The summed E-state index contributed by atoms with van der Waals surface area (Å²) in [5.41, 5.74) is 2.44. The topological polar surface area (TPSA) is 43.9 Å². The molecule has 126 valence electrons. The van der Waals surface area contributed by atoms with Gasteiger partial charge in [-0.2, -0.15) is 0 Å². The minimum atomic E-state index is -0.303. The van der Waals surface area contributed by atoms with Crippen LogP contribution in [0.4, 0.5) is 5.69 Å². The molecule has 0 aliphatic carbocycles. The molecule has 3 heterocycles. The third-order valence-corrected chi connectivity index (χ3v) is 5.47. The van der Waals surface area contributed by atoms with Crippen molar-refractivity contribution in [2.75, 3.05) is 11.4 Å². The second kappa shape index (κ2) is 5.43. The van der Waals surface area contributed by atoms with Gasteiger partial charge >= 0.3 is 0 Å². The summed E-state index contributed by atoms with van der Waals surface area (Å²) in [6, 6.07) is 17.4. The van der Waals surface area contributed by atoms with Crippen molar-refractivity contribution in [2.24, 2.45) is 0 Å². The normalized spacial score (nSPS) is 25.1. The van der Waals surface area contributed by atoms with E-state index in [1.165, 1.54) is 0 Å². The summed E-state index contributed by atoms with van der Waals surface area (Å²) in [4.78, 5) is 32.1. The molecule has 25 heavy (non-hydrogen) atoms. The molecule has 0 radical (unpaired) electrons. The first-order valence-electron chi connectivity index (χ1n) is 8.78. The van der Waals surface area contributed by atoms with E-state index in [-0.39, 0.29) is 24.1 Å². The van der Waals surface area contributed by atoms with Crippen molar-refractivity contribution >= 4 is 17.5 Å². The highest BCUT2D eigenvalue weighted by Crippen LogP contribution is 2.41. The predicted octanol–water partition coefficient (Wildman–Crippen LogP) is 2.44. The number of fused-ring (bicyclic) bond motifs is 5. The largest absolute Gasteiger partial charge is 0.300 e. The van der Waals surface area contributed by atoms with Crippen LogP contribution in [0.15, 0.2) is 54.6 Å². The van der Waals surface area contributed by atoms with Crippen LogP contribution in [0, 0.1) is 0 Å². The van der Waals surface area contributed by atoms with Crippen LogP contribution in [0.1, 0.15) is 28.8 Å². The molecule has 5 heteroatoms. The second-order valence-corrected chi connectivity index (χ2v) is 6.89. The van der Waals surface area contributed by atoms with Crippen LogP contribution in [0.3, 0.4) is 0 Å². The van der Waals surface area contributed by atoms with Gasteiger partial charge in [-0.15, -0.1) is 0 Å². The van der Waals surface area contributed by atoms with Gasteiger partial charge < -0.3 is 4.90 Å². The summed E-state index contributed by atoms with van der Waals surface area (Å²) in [5.74, 6) is 0.126. The van der Waals surface area contributed by atoms with E-state index in [1.54, 1.807) is 0 Å². The number of para-hydroxylation sites is 1. The van der Waals surface area contributed by atoms with Crippen molar-refractivity contribution in [1.29, 1.82) is 0 Å². The van der Waals surface area contributed by atoms with E-state index in [9.17, 15) is 9.59 Å². The molecule has 5 rings (SSSR count). The minimum absolute atomic E-state index is 0.000975. The van der Waals surface area contributed by atoms with Crippen molar-refractivity contribution in [2.45, 2.75) is 31.7 Å². The molecule has 3 aliphatic heterocycles. The van der Waals surface area contributed by atoms with Gasteiger partial charge in [0, 0.05) is 13.1 Å². The van der Waals surface area contributed by atoms with E-state index in [0.29, 0.717) is 12.1 Å². The number of hydrogen-bond acceptors (Lipinski definition) is 3. The number of benzene rings is 2. The Labute approximate surface area is 146 Å². The van der Waals surface area contributed by atoms with E-state index in [2.05, 4.69) is 4.90 Å². The van der Waals surface area contributed by atoms with Gasteiger partial charge in [0.1, 0.15) is 0 Å². The molecule has 0 N–H and O–H groups in total. The summed E-state index contributed by atoms with van der Waals surface area (Å²) in [7, 11) is 0. The van der Waals surface area contributed by atoms with Crippen LogP contribution < -0.4 is 4.90 Å². The van der Waals surface area contributed by atoms with E-state index in [0.717, 1.165) is 30.6 Å². The second-order valence-electron chi connectivity index (χ2n) is 6.89.